The second-order valence-corrected chi connectivity index (χ2v) is 10.8. The lowest BCUT2D eigenvalue weighted by Crippen LogP contribution is -2.20. The molecule has 0 amide bonds. The highest BCUT2D eigenvalue weighted by molar-refractivity contribution is 7.92. The van der Waals surface area contributed by atoms with E-state index in [2.05, 4.69) is 19.8 Å². The van der Waals surface area contributed by atoms with E-state index in [0.29, 0.717) is 17.1 Å². The molecule has 0 spiro atoms. The van der Waals surface area contributed by atoms with E-state index < -0.39 is 25.9 Å². The van der Waals surface area contributed by atoms with Crippen LogP contribution in [0.1, 0.15) is 12.5 Å². The van der Waals surface area contributed by atoms with E-state index in [1.165, 1.54) is 17.2 Å². The van der Waals surface area contributed by atoms with Gasteiger partial charge < -0.3 is 4.98 Å². The molecule has 2 aromatic heterocycles. The van der Waals surface area contributed by atoms with Crippen molar-refractivity contribution in [3.05, 3.63) is 47.9 Å². The van der Waals surface area contributed by atoms with Crippen LogP contribution in [0.25, 0.3) is 11.3 Å². The van der Waals surface area contributed by atoms with Crippen LogP contribution in [0.4, 0.5) is 5.82 Å². The molecule has 1 atom stereocenters. The predicted octanol–water partition coefficient (Wildman–Crippen LogP) is 2.09. The van der Waals surface area contributed by atoms with E-state index >= 15 is 0 Å². The molecule has 0 radical (unpaired) electrons. The van der Waals surface area contributed by atoms with Crippen molar-refractivity contribution in [2.75, 3.05) is 16.2 Å². The van der Waals surface area contributed by atoms with Crippen LogP contribution in [0.3, 0.4) is 0 Å². The molecular weight excluding hydrogens is 426 g/mol. The first-order valence-electron chi connectivity index (χ1n) is 8.31. The van der Waals surface area contributed by atoms with Crippen LogP contribution in [0.5, 0.6) is 0 Å². The summed E-state index contributed by atoms with van der Waals surface area (Å²) in [5.41, 5.74) is 1.23. The number of aromatic amines is 1. The van der Waals surface area contributed by atoms with Gasteiger partial charge in [0.2, 0.25) is 0 Å². The van der Waals surface area contributed by atoms with Gasteiger partial charge in [0.25, 0.3) is 10.0 Å². The Morgan fingerprint density at radius 3 is 2.61 bits per heavy atom. The second-order valence-electron chi connectivity index (χ2n) is 6.44. The molecule has 3 heterocycles. The highest BCUT2D eigenvalue weighted by Gasteiger charge is 2.32. The molecule has 2 N–H and O–H groups in total. The number of anilines is 1. The number of aromatic nitrogens is 4. The number of sulfonamides is 1. The number of nitrogens with zero attached hydrogens (tertiary/aromatic N) is 3. The molecule has 0 saturated carbocycles. The van der Waals surface area contributed by atoms with Gasteiger partial charge in [0.05, 0.1) is 35.8 Å². The lowest BCUT2D eigenvalue weighted by atomic mass is 10.1. The molecule has 1 aliphatic heterocycles. The first-order valence-corrected chi connectivity index (χ1v) is 12.0. The predicted molar refractivity (Wildman–Crippen MR) is 104 cm³/mol. The SMILES string of the molecule is O=S1(=O)CC[C@@H](n2nc(-c3ccc(Cl)cc3)cc2NS(=O)(=O)c2cnc[nH]2)C1. The highest BCUT2D eigenvalue weighted by atomic mass is 35.5. The summed E-state index contributed by atoms with van der Waals surface area (Å²) >= 11 is 5.92. The van der Waals surface area contributed by atoms with Gasteiger partial charge in [0, 0.05) is 16.7 Å². The summed E-state index contributed by atoms with van der Waals surface area (Å²) in [4.78, 5) is 6.26. The fourth-order valence-corrected chi connectivity index (χ4v) is 5.82. The van der Waals surface area contributed by atoms with Gasteiger partial charge in [-0.05, 0) is 18.6 Å². The van der Waals surface area contributed by atoms with Crippen LogP contribution in [-0.2, 0) is 19.9 Å². The van der Waals surface area contributed by atoms with Crippen molar-refractivity contribution in [2.24, 2.45) is 0 Å². The van der Waals surface area contributed by atoms with E-state index in [9.17, 15) is 16.8 Å². The lowest BCUT2D eigenvalue weighted by molar-refractivity contribution is 0.507. The summed E-state index contributed by atoms with van der Waals surface area (Å²) in [5, 5.41) is 4.94. The molecule has 1 saturated heterocycles. The Kier molecular flexibility index (Phi) is 4.68. The van der Waals surface area contributed by atoms with Crippen LogP contribution in [0.2, 0.25) is 5.02 Å². The van der Waals surface area contributed by atoms with Gasteiger partial charge >= 0.3 is 0 Å². The molecule has 0 unspecified atom stereocenters. The Labute approximate surface area is 166 Å². The Bertz CT molecular complexity index is 1200. The minimum atomic E-state index is -3.93. The molecule has 4 rings (SSSR count). The van der Waals surface area contributed by atoms with Gasteiger partial charge in [-0.2, -0.15) is 13.5 Å². The smallest absolute Gasteiger partial charge is 0.280 e. The van der Waals surface area contributed by atoms with E-state index in [0.717, 1.165) is 5.56 Å². The molecule has 0 bridgehead atoms. The van der Waals surface area contributed by atoms with Crippen molar-refractivity contribution < 1.29 is 16.8 Å². The van der Waals surface area contributed by atoms with Crippen molar-refractivity contribution >= 4 is 37.3 Å². The topological polar surface area (TPSA) is 127 Å². The number of hydrogen-bond acceptors (Lipinski definition) is 6. The fourth-order valence-electron chi connectivity index (χ4n) is 3.06. The average molecular weight is 442 g/mol. The van der Waals surface area contributed by atoms with Crippen LogP contribution in [0, 0.1) is 0 Å². The van der Waals surface area contributed by atoms with Crippen molar-refractivity contribution in [1.82, 2.24) is 19.7 Å². The Morgan fingerprint density at radius 1 is 1.25 bits per heavy atom. The molecule has 12 heteroatoms. The summed E-state index contributed by atoms with van der Waals surface area (Å²) in [7, 11) is -7.11. The number of imidazole rings is 1. The van der Waals surface area contributed by atoms with E-state index in [4.69, 9.17) is 11.6 Å². The third-order valence-corrected chi connectivity index (χ3v) is 7.71. The third kappa shape index (κ3) is 3.77. The van der Waals surface area contributed by atoms with Gasteiger partial charge in [-0.3, -0.25) is 4.72 Å². The van der Waals surface area contributed by atoms with Crippen molar-refractivity contribution in [1.29, 1.82) is 0 Å². The maximum Gasteiger partial charge on any atom is 0.280 e. The van der Waals surface area contributed by atoms with Crippen molar-refractivity contribution in [3.63, 3.8) is 0 Å². The zero-order valence-corrected chi connectivity index (χ0v) is 16.8. The van der Waals surface area contributed by atoms with Gasteiger partial charge in [-0.1, -0.05) is 23.7 Å². The number of H-pyrrole nitrogens is 1. The molecule has 9 nitrogen and oxygen atoms in total. The summed E-state index contributed by atoms with van der Waals surface area (Å²) < 4.78 is 52.9. The zero-order chi connectivity index (χ0) is 19.9. The van der Waals surface area contributed by atoms with Crippen LogP contribution in [0.15, 0.2) is 47.9 Å². The zero-order valence-electron chi connectivity index (χ0n) is 14.4. The molecule has 1 aliphatic rings. The number of halogens is 1. The first kappa shape index (κ1) is 19.0. The Morgan fingerprint density at radius 2 is 2.00 bits per heavy atom. The molecule has 28 heavy (non-hydrogen) atoms. The lowest BCUT2D eigenvalue weighted by Gasteiger charge is -2.14. The van der Waals surface area contributed by atoms with E-state index in [1.54, 1.807) is 30.3 Å². The van der Waals surface area contributed by atoms with Crippen LogP contribution < -0.4 is 4.72 Å². The van der Waals surface area contributed by atoms with Crippen molar-refractivity contribution in [3.8, 4) is 11.3 Å². The number of benzene rings is 1. The van der Waals surface area contributed by atoms with Gasteiger partial charge in [-0.25, -0.2) is 18.1 Å². The van der Waals surface area contributed by atoms with Gasteiger partial charge in [0.1, 0.15) is 5.82 Å². The second kappa shape index (κ2) is 6.90. The van der Waals surface area contributed by atoms with Gasteiger partial charge in [0.15, 0.2) is 14.9 Å². The largest absolute Gasteiger partial charge is 0.334 e. The monoisotopic (exact) mass is 441 g/mol. The number of rotatable bonds is 5. The molecule has 0 aliphatic carbocycles. The van der Waals surface area contributed by atoms with Crippen LogP contribution in [-0.4, -0.2) is 48.1 Å². The minimum absolute atomic E-state index is 0.0422. The minimum Gasteiger partial charge on any atom is -0.334 e. The molecule has 1 aromatic carbocycles. The fraction of sp³-hybridized carbons (Fsp3) is 0.250. The summed E-state index contributed by atoms with van der Waals surface area (Å²) in [6.07, 6.45) is 2.81. The quantitative estimate of drug-likeness (QED) is 0.624. The van der Waals surface area contributed by atoms with Crippen molar-refractivity contribution in [2.45, 2.75) is 17.5 Å². The summed E-state index contributed by atoms with van der Waals surface area (Å²) in [5.74, 6) is 0.135. The molecule has 3 aromatic rings. The summed E-state index contributed by atoms with van der Waals surface area (Å²) in [6, 6.07) is 8.03. The standard InChI is InChI=1S/C16H16ClN5O4S2/c17-12-3-1-11(2-4-12)14-7-15(21-28(25,26)16-8-18-10-19-16)22(20-14)13-5-6-27(23,24)9-13/h1-4,7-8,10,13,21H,5-6,9H2,(H,18,19)/t13-/m1/s1. The molecular formula is C16H16ClN5O4S2. The van der Waals surface area contributed by atoms with E-state index in [-0.39, 0.29) is 22.3 Å². The molecule has 1 fully saturated rings. The Balaban J connectivity index is 1.76. The first-order chi connectivity index (χ1) is 13.2. The normalized spacial score (nSPS) is 19.0. The third-order valence-electron chi connectivity index (χ3n) is 4.43. The van der Waals surface area contributed by atoms with E-state index in [1.807, 2.05) is 0 Å². The average Bonchev–Trinajstić information content (AvgIpc) is 3.35. The number of sulfone groups is 1. The summed E-state index contributed by atoms with van der Waals surface area (Å²) in [6.45, 7) is 0. The van der Waals surface area contributed by atoms with Crippen LogP contribution >= 0.6 is 11.6 Å². The maximum atomic E-state index is 12.6. The number of nitrogens with one attached hydrogen (secondary N) is 2. The Hall–Kier alpha value is -2.37. The highest BCUT2D eigenvalue weighted by Crippen LogP contribution is 2.31. The molecule has 148 valence electrons. The number of hydrogen-bond donors (Lipinski definition) is 2. The van der Waals surface area contributed by atoms with Gasteiger partial charge in [-0.15, -0.1) is 0 Å². The maximum absolute atomic E-state index is 12.6.